The SMILES string of the molecule is O=C(Nc1ccc2c(c1)CCC2)c1cc(Cl)c[nH]1. The van der Waals surface area contributed by atoms with E-state index in [9.17, 15) is 4.79 Å². The van der Waals surface area contributed by atoms with Crippen molar-refractivity contribution in [2.24, 2.45) is 0 Å². The molecule has 1 heterocycles. The van der Waals surface area contributed by atoms with Crippen LogP contribution in [0.1, 0.15) is 28.0 Å². The number of hydrogen-bond donors (Lipinski definition) is 2. The smallest absolute Gasteiger partial charge is 0.272 e. The Morgan fingerprint density at radius 3 is 2.83 bits per heavy atom. The molecule has 0 spiro atoms. The van der Waals surface area contributed by atoms with E-state index in [1.807, 2.05) is 6.07 Å². The van der Waals surface area contributed by atoms with Gasteiger partial charge in [-0.15, -0.1) is 0 Å². The zero-order chi connectivity index (χ0) is 12.5. The lowest BCUT2D eigenvalue weighted by Crippen LogP contribution is -2.12. The molecule has 1 aliphatic carbocycles. The molecular weight excluding hydrogens is 248 g/mol. The van der Waals surface area contributed by atoms with Crippen LogP contribution in [0.15, 0.2) is 30.5 Å². The van der Waals surface area contributed by atoms with Gasteiger partial charge in [0.25, 0.3) is 5.91 Å². The number of amides is 1. The first kappa shape index (κ1) is 11.4. The van der Waals surface area contributed by atoms with E-state index >= 15 is 0 Å². The van der Waals surface area contributed by atoms with E-state index in [-0.39, 0.29) is 5.91 Å². The summed E-state index contributed by atoms with van der Waals surface area (Å²) in [5.41, 5.74) is 4.06. The minimum atomic E-state index is -0.167. The Balaban J connectivity index is 1.78. The van der Waals surface area contributed by atoms with Crippen LogP contribution in [0.25, 0.3) is 0 Å². The van der Waals surface area contributed by atoms with E-state index in [0.717, 1.165) is 18.5 Å². The number of anilines is 1. The summed E-state index contributed by atoms with van der Waals surface area (Å²) in [6, 6.07) is 7.72. The summed E-state index contributed by atoms with van der Waals surface area (Å²) >= 11 is 5.77. The molecule has 0 unspecified atom stereocenters. The minimum absolute atomic E-state index is 0.167. The van der Waals surface area contributed by atoms with Gasteiger partial charge >= 0.3 is 0 Å². The predicted octanol–water partition coefficient (Wildman–Crippen LogP) is 3.41. The molecule has 0 atom stereocenters. The van der Waals surface area contributed by atoms with Crippen LogP contribution in [0.2, 0.25) is 5.02 Å². The maximum atomic E-state index is 11.9. The highest BCUT2D eigenvalue weighted by Gasteiger charge is 2.13. The molecule has 0 bridgehead atoms. The molecule has 92 valence electrons. The monoisotopic (exact) mass is 260 g/mol. The van der Waals surface area contributed by atoms with Gasteiger partial charge in [0, 0.05) is 11.9 Å². The maximum Gasteiger partial charge on any atom is 0.272 e. The molecule has 0 fully saturated rings. The predicted molar refractivity (Wildman–Crippen MR) is 72.2 cm³/mol. The number of aromatic amines is 1. The molecule has 0 saturated heterocycles. The molecular formula is C14H13ClN2O. The molecule has 1 amide bonds. The summed E-state index contributed by atoms with van der Waals surface area (Å²) in [4.78, 5) is 14.8. The summed E-state index contributed by atoms with van der Waals surface area (Å²) < 4.78 is 0. The number of rotatable bonds is 2. The Hall–Kier alpha value is -1.74. The number of carbonyl (C=O) groups excluding carboxylic acids is 1. The molecule has 3 rings (SSSR count). The van der Waals surface area contributed by atoms with Gasteiger partial charge in [0.1, 0.15) is 5.69 Å². The summed E-state index contributed by atoms with van der Waals surface area (Å²) in [5.74, 6) is -0.167. The molecule has 2 aromatic rings. The number of aromatic nitrogens is 1. The fourth-order valence-corrected chi connectivity index (χ4v) is 2.51. The molecule has 3 nitrogen and oxygen atoms in total. The second kappa shape index (κ2) is 4.50. The lowest BCUT2D eigenvalue weighted by Gasteiger charge is -2.06. The van der Waals surface area contributed by atoms with Crippen LogP contribution in [-0.2, 0) is 12.8 Å². The fourth-order valence-electron chi connectivity index (χ4n) is 2.35. The highest BCUT2D eigenvalue weighted by molar-refractivity contribution is 6.31. The standard InChI is InChI=1S/C14H13ClN2O/c15-11-7-13(16-8-11)14(18)17-12-5-4-9-2-1-3-10(9)6-12/h4-8,16H,1-3H2,(H,17,18). The Morgan fingerprint density at radius 1 is 1.22 bits per heavy atom. The van der Waals surface area contributed by atoms with Crippen molar-refractivity contribution in [1.29, 1.82) is 0 Å². The normalized spacial score (nSPS) is 13.4. The number of fused-ring (bicyclic) bond motifs is 1. The average Bonchev–Trinajstić information content (AvgIpc) is 2.96. The summed E-state index contributed by atoms with van der Waals surface area (Å²) in [6.07, 6.45) is 5.06. The van der Waals surface area contributed by atoms with Gasteiger partial charge in [0.05, 0.1) is 5.02 Å². The van der Waals surface area contributed by atoms with Gasteiger partial charge in [0.15, 0.2) is 0 Å². The fraction of sp³-hybridized carbons (Fsp3) is 0.214. The third kappa shape index (κ3) is 2.14. The van der Waals surface area contributed by atoms with Crippen LogP contribution >= 0.6 is 11.6 Å². The third-order valence-electron chi connectivity index (χ3n) is 3.25. The van der Waals surface area contributed by atoms with Crippen molar-refractivity contribution in [3.8, 4) is 0 Å². The van der Waals surface area contributed by atoms with Gasteiger partial charge in [-0.25, -0.2) is 0 Å². The second-order valence-electron chi connectivity index (χ2n) is 4.52. The van der Waals surface area contributed by atoms with Crippen molar-refractivity contribution in [3.63, 3.8) is 0 Å². The van der Waals surface area contributed by atoms with E-state index in [0.29, 0.717) is 10.7 Å². The number of halogens is 1. The molecule has 1 aliphatic rings. The van der Waals surface area contributed by atoms with Crippen molar-refractivity contribution in [2.45, 2.75) is 19.3 Å². The van der Waals surface area contributed by atoms with Crippen molar-refractivity contribution < 1.29 is 4.79 Å². The first-order chi connectivity index (χ1) is 8.72. The van der Waals surface area contributed by atoms with E-state index in [4.69, 9.17) is 11.6 Å². The van der Waals surface area contributed by atoms with Gasteiger partial charge in [-0.05, 0) is 48.6 Å². The van der Waals surface area contributed by atoms with Crippen LogP contribution in [0.4, 0.5) is 5.69 Å². The first-order valence-corrected chi connectivity index (χ1v) is 6.37. The van der Waals surface area contributed by atoms with E-state index in [2.05, 4.69) is 22.4 Å². The van der Waals surface area contributed by atoms with Crippen LogP contribution in [-0.4, -0.2) is 10.9 Å². The van der Waals surface area contributed by atoms with Crippen LogP contribution < -0.4 is 5.32 Å². The lowest BCUT2D eigenvalue weighted by molar-refractivity contribution is 0.102. The van der Waals surface area contributed by atoms with Gasteiger partial charge in [-0.2, -0.15) is 0 Å². The number of nitrogens with one attached hydrogen (secondary N) is 2. The van der Waals surface area contributed by atoms with Crippen molar-refractivity contribution in [2.75, 3.05) is 5.32 Å². The summed E-state index contributed by atoms with van der Waals surface area (Å²) in [5, 5.41) is 3.41. The molecule has 0 aliphatic heterocycles. The van der Waals surface area contributed by atoms with Gasteiger partial charge in [0.2, 0.25) is 0 Å². The summed E-state index contributed by atoms with van der Waals surface area (Å²) in [7, 11) is 0. The Kier molecular flexibility index (Phi) is 2.84. The Bertz CT molecular complexity index is 604. The van der Waals surface area contributed by atoms with Crippen molar-refractivity contribution >= 4 is 23.2 Å². The molecule has 18 heavy (non-hydrogen) atoms. The first-order valence-electron chi connectivity index (χ1n) is 5.99. The molecule has 1 aromatic heterocycles. The Labute approximate surface area is 110 Å². The zero-order valence-electron chi connectivity index (χ0n) is 9.79. The van der Waals surface area contributed by atoms with Gasteiger partial charge in [-0.1, -0.05) is 17.7 Å². The highest BCUT2D eigenvalue weighted by Crippen LogP contribution is 2.25. The quantitative estimate of drug-likeness (QED) is 0.854. The molecule has 0 radical (unpaired) electrons. The van der Waals surface area contributed by atoms with Crippen LogP contribution in [0.5, 0.6) is 0 Å². The highest BCUT2D eigenvalue weighted by atomic mass is 35.5. The number of hydrogen-bond acceptors (Lipinski definition) is 1. The number of aryl methyl sites for hydroxylation is 2. The minimum Gasteiger partial charge on any atom is -0.356 e. The van der Waals surface area contributed by atoms with Crippen LogP contribution in [0.3, 0.4) is 0 Å². The zero-order valence-corrected chi connectivity index (χ0v) is 10.6. The molecule has 2 N–H and O–H groups in total. The van der Waals surface area contributed by atoms with Crippen LogP contribution in [0, 0.1) is 0 Å². The van der Waals surface area contributed by atoms with E-state index < -0.39 is 0 Å². The van der Waals surface area contributed by atoms with Crippen molar-refractivity contribution in [3.05, 3.63) is 52.3 Å². The topological polar surface area (TPSA) is 44.9 Å². The van der Waals surface area contributed by atoms with Gasteiger partial charge < -0.3 is 10.3 Å². The lowest BCUT2D eigenvalue weighted by atomic mass is 10.1. The van der Waals surface area contributed by atoms with Crippen molar-refractivity contribution in [1.82, 2.24) is 4.98 Å². The second-order valence-corrected chi connectivity index (χ2v) is 4.96. The van der Waals surface area contributed by atoms with Gasteiger partial charge in [-0.3, -0.25) is 4.79 Å². The number of H-pyrrole nitrogens is 1. The van der Waals surface area contributed by atoms with E-state index in [1.165, 1.54) is 17.5 Å². The number of carbonyl (C=O) groups is 1. The number of benzene rings is 1. The third-order valence-corrected chi connectivity index (χ3v) is 3.47. The average molecular weight is 261 g/mol. The maximum absolute atomic E-state index is 11.9. The molecule has 1 aromatic carbocycles. The summed E-state index contributed by atoms with van der Waals surface area (Å²) in [6.45, 7) is 0. The van der Waals surface area contributed by atoms with E-state index in [1.54, 1.807) is 12.3 Å². The largest absolute Gasteiger partial charge is 0.356 e. The Morgan fingerprint density at radius 2 is 2.06 bits per heavy atom. The molecule has 4 heteroatoms. The molecule has 0 saturated carbocycles.